The predicted octanol–water partition coefficient (Wildman–Crippen LogP) is 3.61. The fourth-order valence-electron chi connectivity index (χ4n) is 3.22. The Labute approximate surface area is 180 Å². The van der Waals surface area contributed by atoms with Gasteiger partial charge in [0.15, 0.2) is 6.10 Å². The molecule has 1 aliphatic heterocycles. The van der Waals surface area contributed by atoms with Crippen molar-refractivity contribution in [3.8, 4) is 5.75 Å². The van der Waals surface area contributed by atoms with Crippen LogP contribution >= 0.6 is 11.6 Å². The van der Waals surface area contributed by atoms with Crippen molar-refractivity contribution in [1.82, 2.24) is 5.32 Å². The van der Waals surface area contributed by atoms with Crippen LogP contribution in [0.4, 0.5) is 5.69 Å². The van der Waals surface area contributed by atoms with Gasteiger partial charge in [-0.1, -0.05) is 60.1 Å². The minimum Gasteiger partial charge on any atom is -0.476 e. The number of hydrogen-bond donors (Lipinski definition) is 1. The van der Waals surface area contributed by atoms with Gasteiger partial charge in [-0.3, -0.25) is 9.10 Å². The molecule has 0 bridgehead atoms. The molecule has 0 aliphatic carbocycles. The molecule has 1 heterocycles. The highest BCUT2D eigenvalue weighted by molar-refractivity contribution is 7.92. The standard InChI is InChI=1S/C22H19ClN2O4S/c23-18-11-5-4-8-16(18)14-24-22(26)21-15-25(19-12-6-7-13-20(19)29-21)30(27,28)17-9-2-1-3-10-17/h1-13,21H,14-15H2,(H,24,26)/t21-/m1/s1. The molecule has 3 aromatic rings. The molecular weight excluding hydrogens is 424 g/mol. The molecule has 8 heteroatoms. The van der Waals surface area contributed by atoms with Crippen molar-refractivity contribution in [2.75, 3.05) is 10.8 Å². The Balaban J connectivity index is 1.60. The lowest BCUT2D eigenvalue weighted by Gasteiger charge is -2.34. The van der Waals surface area contributed by atoms with Gasteiger partial charge in [0, 0.05) is 11.6 Å². The SMILES string of the molecule is O=C(NCc1ccccc1Cl)[C@H]1CN(S(=O)(=O)c2ccccc2)c2ccccc2O1. The van der Waals surface area contributed by atoms with E-state index in [9.17, 15) is 13.2 Å². The zero-order valence-electron chi connectivity index (χ0n) is 15.9. The molecule has 1 amide bonds. The summed E-state index contributed by atoms with van der Waals surface area (Å²) in [6.45, 7) is 0.0774. The number of nitrogens with zero attached hydrogens (tertiary/aromatic N) is 1. The third-order valence-corrected chi connectivity index (χ3v) is 6.93. The normalized spacial score (nSPS) is 15.8. The molecule has 0 unspecified atom stereocenters. The van der Waals surface area contributed by atoms with Crippen molar-refractivity contribution in [2.45, 2.75) is 17.5 Å². The van der Waals surface area contributed by atoms with E-state index < -0.39 is 22.0 Å². The highest BCUT2D eigenvalue weighted by atomic mass is 35.5. The molecule has 0 saturated carbocycles. The summed E-state index contributed by atoms with van der Waals surface area (Å²) in [6, 6.07) is 22.1. The van der Waals surface area contributed by atoms with Gasteiger partial charge in [0.05, 0.1) is 17.1 Å². The van der Waals surface area contributed by atoms with Gasteiger partial charge < -0.3 is 10.1 Å². The molecule has 0 saturated heterocycles. The molecule has 1 N–H and O–H groups in total. The van der Waals surface area contributed by atoms with Gasteiger partial charge in [-0.2, -0.15) is 0 Å². The Morgan fingerprint density at radius 3 is 2.43 bits per heavy atom. The Hall–Kier alpha value is -3.03. The summed E-state index contributed by atoms with van der Waals surface area (Å²) in [5.41, 5.74) is 1.16. The van der Waals surface area contributed by atoms with Crippen molar-refractivity contribution >= 4 is 33.2 Å². The van der Waals surface area contributed by atoms with Crippen molar-refractivity contribution in [1.29, 1.82) is 0 Å². The average Bonchev–Trinajstić information content (AvgIpc) is 2.78. The highest BCUT2D eigenvalue weighted by Crippen LogP contribution is 2.36. The number of fused-ring (bicyclic) bond motifs is 1. The smallest absolute Gasteiger partial charge is 0.264 e. The summed E-state index contributed by atoms with van der Waals surface area (Å²) in [7, 11) is -3.86. The summed E-state index contributed by atoms with van der Waals surface area (Å²) < 4.78 is 33.6. The first-order valence-corrected chi connectivity index (χ1v) is 11.1. The lowest BCUT2D eigenvalue weighted by Crippen LogP contribution is -2.50. The van der Waals surface area contributed by atoms with Gasteiger partial charge in [0.2, 0.25) is 0 Å². The molecule has 1 aliphatic rings. The van der Waals surface area contributed by atoms with Crippen molar-refractivity contribution in [3.05, 3.63) is 89.4 Å². The minimum absolute atomic E-state index is 0.136. The lowest BCUT2D eigenvalue weighted by molar-refractivity contribution is -0.127. The maximum atomic E-state index is 13.3. The van der Waals surface area contributed by atoms with E-state index in [1.54, 1.807) is 54.6 Å². The topological polar surface area (TPSA) is 75.7 Å². The molecule has 6 nitrogen and oxygen atoms in total. The molecule has 154 valence electrons. The number of ether oxygens (including phenoxy) is 1. The van der Waals surface area contributed by atoms with Crippen LogP contribution in [0.1, 0.15) is 5.56 Å². The zero-order valence-corrected chi connectivity index (χ0v) is 17.4. The van der Waals surface area contributed by atoms with E-state index in [1.165, 1.54) is 16.4 Å². The predicted molar refractivity (Wildman–Crippen MR) is 115 cm³/mol. The molecular formula is C22H19ClN2O4S. The van der Waals surface area contributed by atoms with E-state index in [1.807, 2.05) is 12.1 Å². The van der Waals surface area contributed by atoms with E-state index in [4.69, 9.17) is 16.3 Å². The van der Waals surface area contributed by atoms with Gasteiger partial charge >= 0.3 is 0 Å². The highest BCUT2D eigenvalue weighted by Gasteiger charge is 2.37. The number of nitrogens with one attached hydrogen (secondary N) is 1. The van der Waals surface area contributed by atoms with Crippen LogP contribution in [0.2, 0.25) is 5.02 Å². The Morgan fingerprint density at radius 1 is 1.00 bits per heavy atom. The number of carbonyl (C=O) groups is 1. The number of rotatable bonds is 5. The summed E-state index contributed by atoms with van der Waals surface area (Å²) in [6.07, 6.45) is -0.999. The Bertz CT molecular complexity index is 1170. The fraction of sp³-hybridized carbons (Fsp3) is 0.136. The maximum absolute atomic E-state index is 13.3. The Morgan fingerprint density at radius 2 is 1.67 bits per heavy atom. The first-order valence-electron chi connectivity index (χ1n) is 9.31. The van der Waals surface area contributed by atoms with Crippen molar-refractivity contribution in [3.63, 3.8) is 0 Å². The molecule has 0 fully saturated rings. The van der Waals surface area contributed by atoms with Gasteiger partial charge in [-0.15, -0.1) is 0 Å². The molecule has 4 rings (SSSR count). The van der Waals surface area contributed by atoms with E-state index in [0.717, 1.165) is 5.56 Å². The second-order valence-corrected chi connectivity index (χ2v) is 9.00. The molecule has 0 spiro atoms. The van der Waals surface area contributed by atoms with Gasteiger partial charge in [-0.25, -0.2) is 8.42 Å². The fourth-order valence-corrected chi connectivity index (χ4v) is 4.92. The number of amides is 1. The number of sulfonamides is 1. The van der Waals surface area contributed by atoms with E-state index >= 15 is 0 Å². The van der Waals surface area contributed by atoms with Crippen LogP contribution < -0.4 is 14.4 Å². The van der Waals surface area contributed by atoms with Crippen LogP contribution in [0, 0.1) is 0 Å². The maximum Gasteiger partial charge on any atom is 0.264 e. The first-order chi connectivity index (χ1) is 14.5. The van der Waals surface area contributed by atoms with Crippen LogP contribution in [0.15, 0.2) is 83.8 Å². The largest absolute Gasteiger partial charge is 0.476 e. The lowest BCUT2D eigenvalue weighted by atomic mass is 10.2. The van der Waals surface area contributed by atoms with Crippen LogP contribution in [-0.2, 0) is 21.4 Å². The van der Waals surface area contributed by atoms with Crippen LogP contribution in [0.5, 0.6) is 5.75 Å². The van der Waals surface area contributed by atoms with Crippen LogP contribution in [0.3, 0.4) is 0 Å². The number of para-hydroxylation sites is 2. The molecule has 1 atom stereocenters. The van der Waals surface area contributed by atoms with Gasteiger partial charge in [-0.05, 0) is 35.9 Å². The second kappa shape index (κ2) is 8.38. The number of anilines is 1. The van der Waals surface area contributed by atoms with Crippen molar-refractivity contribution < 1.29 is 17.9 Å². The molecule has 3 aromatic carbocycles. The number of benzene rings is 3. The van der Waals surface area contributed by atoms with Crippen molar-refractivity contribution in [2.24, 2.45) is 0 Å². The van der Waals surface area contributed by atoms with E-state index in [-0.39, 0.29) is 18.0 Å². The summed E-state index contributed by atoms with van der Waals surface area (Å²) in [4.78, 5) is 13.0. The third-order valence-electron chi connectivity index (χ3n) is 4.77. The van der Waals surface area contributed by atoms with Gasteiger partial charge in [0.1, 0.15) is 5.75 Å². The number of carbonyl (C=O) groups excluding carboxylic acids is 1. The molecule has 0 radical (unpaired) electrons. The summed E-state index contributed by atoms with van der Waals surface area (Å²) in [5, 5.41) is 3.32. The van der Waals surface area contributed by atoms with Crippen LogP contribution in [0.25, 0.3) is 0 Å². The van der Waals surface area contributed by atoms with E-state index in [2.05, 4.69) is 5.32 Å². The second-order valence-electron chi connectivity index (χ2n) is 6.73. The molecule has 0 aromatic heterocycles. The summed E-state index contributed by atoms with van der Waals surface area (Å²) in [5.74, 6) is -0.0844. The number of halogens is 1. The first kappa shape index (κ1) is 20.3. The monoisotopic (exact) mass is 442 g/mol. The zero-order chi connectivity index (χ0) is 21.1. The molecule has 30 heavy (non-hydrogen) atoms. The average molecular weight is 443 g/mol. The van der Waals surface area contributed by atoms with Crippen LogP contribution in [-0.4, -0.2) is 27.0 Å². The minimum atomic E-state index is -3.86. The Kier molecular flexibility index (Phi) is 5.65. The summed E-state index contributed by atoms with van der Waals surface area (Å²) >= 11 is 6.14. The van der Waals surface area contributed by atoms with E-state index in [0.29, 0.717) is 16.5 Å². The third kappa shape index (κ3) is 3.99. The van der Waals surface area contributed by atoms with Gasteiger partial charge in [0.25, 0.3) is 15.9 Å². The quantitative estimate of drug-likeness (QED) is 0.655. The number of hydrogen-bond acceptors (Lipinski definition) is 4.